The SMILES string of the molecule is O=C(Nc1cnn(-c2cccc(C(=O)NCCc3nccs3)c2)c1)Nc1ccccc1Cl. The van der Waals surface area contributed by atoms with E-state index >= 15 is 0 Å². The number of hydrogen-bond acceptors (Lipinski definition) is 5. The molecule has 3 N–H and O–H groups in total. The Balaban J connectivity index is 1.36. The van der Waals surface area contributed by atoms with Gasteiger partial charge in [-0.25, -0.2) is 14.5 Å². The van der Waals surface area contributed by atoms with Gasteiger partial charge in [-0.1, -0.05) is 29.8 Å². The Hall–Kier alpha value is -3.69. The maximum atomic E-state index is 12.5. The van der Waals surface area contributed by atoms with Crippen LogP contribution < -0.4 is 16.0 Å². The van der Waals surface area contributed by atoms with Crippen molar-refractivity contribution >= 4 is 46.3 Å². The second-order valence-corrected chi connectivity index (χ2v) is 8.10. The molecule has 4 rings (SSSR count). The Morgan fingerprint density at radius 1 is 1.09 bits per heavy atom. The highest BCUT2D eigenvalue weighted by Crippen LogP contribution is 2.21. The lowest BCUT2D eigenvalue weighted by atomic mass is 10.2. The molecule has 2 aromatic carbocycles. The number of carbonyl (C=O) groups excluding carboxylic acids is 2. The number of hydrogen-bond donors (Lipinski definition) is 3. The molecule has 0 bridgehead atoms. The van der Waals surface area contributed by atoms with Crippen LogP contribution in [0.15, 0.2) is 72.5 Å². The molecule has 0 atom stereocenters. The number of anilines is 2. The maximum Gasteiger partial charge on any atom is 0.323 e. The van der Waals surface area contributed by atoms with Crippen molar-refractivity contribution in [3.63, 3.8) is 0 Å². The molecule has 0 spiro atoms. The third-order valence-corrected chi connectivity index (χ3v) is 5.61. The minimum Gasteiger partial charge on any atom is -0.352 e. The highest BCUT2D eigenvalue weighted by molar-refractivity contribution is 7.09. The van der Waals surface area contributed by atoms with Crippen molar-refractivity contribution in [2.45, 2.75) is 6.42 Å². The van der Waals surface area contributed by atoms with Crippen molar-refractivity contribution in [1.29, 1.82) is 0 Å². The van der Waals surface area contributed by atoms with Gasteiger partial charge < -0.3 is 16.0 Å². The molecule has 4 aromatic rings. The molecular weight excluding hydrogens is 448 g/mol. The first-order valence-electron chi connectivity index (χ1n) is 9.73. The van der Waals surface area contributed by atoms with Crippen LogP contribution in [0, 0.1) is 0 Å². The van der Waals surface area contributed by atoms with Crippen LogP contribution in [0.1, 0.15) is 15.4 Å². The molecule has 0 fully saturated rings. The van der Waals surface area contributed by atoms with Gasteiger partial charge in [-0.15, -0.1) is 11.3 Å². The molecule has 0 radical (unpaired) electrons. The van der Waals surface area contributed by atoms with Crippen molar-refractivity contribution < 1.29 is 9.59 Å². The van der Waals surface area contributed by atoms with Crippen molar-refractivity contribution in [2.24, 2.45) is 0 Å². The van der Waals surface area contributed by atoms with E-state index in [1.807, 2.05) is 11.4 Å². The summed E-state index contributed by atoms with van der Waals surface area (Å²) in [5, 5.41) is 15.9. The van der Waals surface area contributed by atoms with Gasteiger partial charge in [-0.2, -0.15) is 5.10 Å². The normalized spacial score (nSPS) is 10.5. The minimum absolute atomic E-state index is 0.173. The zero-order valence-electron chi connectivity index (χ0n) is 16.8. The fourth-order valence-corrected chi connectivity index (χ4v) is 3.73. The summed E-state index contributed by atoms with van der Waals surface area (Å²) < 4.78 is 1.58. The number of nitrogens with zero attached hydrogens (tertiary/aromatic N) is 3. The van der Waals surface area contributed by atoms with Gasteiger partial charge in [-0.3, -0.25) is 4.79 Å². The number of amides is 3. The molecule has 0 saturated heterocycles. The van der Waals surface area contributed by atoms with E-state index in [-0.39, 0.29) is 5.91 Å². The second-order valence-electron chi connectivity index (χ2n) is 6.71. The quantitative estimate of drug-likeness (QED) is 0.370. The molecule has 2 aromatic heterocycles. The molecule has 32 heavy (non-hydrogen) atoms. The summed E-state index contributed by atoms with van der Waals surface area (Å²) in [6, 6.07) is 13.6. The van der Waals surface area contributed by atoms with Gasteiger partial charge >= 0.3 is 6.03 Å². The Morgan fingerprint density at radius 3 is 2.78 bits per heavy atom. The number of thiazole rings is 1. The number of nitrogens with one attached hydrogen (secondary N) is 3. The van der Waals surface area contributed by atoms with Crippen molar-refractivity contribution in [3.8, 4) is 5.69 Å². The fourth-order valence-electron chi connectivity index (χ4n) is 2.93. The number of aromatic nitrogens is 3. The molecule has 8 nitrogen and oxygen atoms in total. The topological polar surface area (TPSA) is 101 Å². The van der Waals surface area contributed by atoms with Crippen LogP contribution in [0.3, 0.4) is 0 Å². The Kier molecular flexibility index (Phi) is 6.78. The van der Waals surface area contributed by atoms with Gasteiger partial charge in [-0.05, 0) is 30.3 Å². The van der Waals surface area contributed by atoms with Gasteiger partial charge in [0.15, 0.2) is 0 Å². The average molecular weight is 467 g/mol. The summed E-state index contributed by atoms with van der Waals surface area (Å²) >= 11 is 7.62. The molecule has 162 valence electrons. The van der Waals surface area contributed by atoms with Crippen LogP contribution in [0.5, 0.6) is 0 Å². The van der Waals surface area contributed by atoms with Crippen molar-refractivity contribution in [1.82, 2.24) is 20.1 Å². The van der Waals surface area contributed by atoms with Gasteiger partial charge in [0.1, 0.15) is 0 Å². The summed E-state index contributed by atoms with van der Waals surface area (Å²) in [4.78, 5) is 28.9. The first kappa shape index (κ1) is 21.5. The maximum absolute atomic E-state index is 12.5. The van der Waals surface area contributed by atoms with Gasteiger partial charge in [0, 0.05) is 30.1 Å². The summed E-state index contributed by atoms with van der Waals surface area (Å²) in [6.45, 7) is 0.507. The molecule has 0 aliphatic rings. The third-order valence-electron chi connectivity index (χ3n) is 4.44. The van der Waals surface area contributed by atoms with E-state index in [1.54, 1.807) is 70.9 Å². The molecule has 2 heterocycles. The zero-order chi connectivity index (χ0) is 22.3. The number of carbonyl (C=O) groups is 2. The van der Waals surface area contributed by atoms with E-state index in [4.69, 9.17) is 11.6 Å². The first-order chi connectivity index (χ1) is 15.6. The van der Waals surface area contributed by atoms with Crippen LogP contribution in [-0.2, 0) is 6.42 Å². The number of urea groups is 1. The van der Waals surface area contributed by atoms with E-state index in [9.17, 15) is 9.59 Å². The predicted molar refractivity (Wildman–Crippen MR) is 126 cm³/mol. The standard InChI is InChI=1S/C22H19ClN6O2S/c23-18-6-1-2-7-19(18)28-22(31)27-16-13-26-29(14-16)17-5-3-4-15(12-17)21(30)25-9-8-20-24-10-11-32-20/h1-7,10-14H,8-9H2,(H,25,30)(H2,27,28,31). The molecular formula is C22H19ClN6O2S. The molecule has 0 aliphatic carbocycles. The van der Waals surface area contributed by atoms with Gasteiger partial charge in [0.25, 0.3) is 5.91 Å². The summed E-state index contributed by atoms with van der Waals surface area (Å²) in [6.07, 6.45) is 5.62. The average Bonchev–Trinajstić information content (AvgIpc) is 3.48. The minimum atomic E-state index is -0.439. The Bertz CT molecular complexity index is 1220. The largest absolute Gasteiger partial charge is 0.352 e. The van der Waals surface area contributed by atoms with Crippen LogP contribution in [0.25, 0.3) is 5.69 Å². The van der Waals surface area contributed by atoms with E-state index < -0.39 is 6.03 Å². The van der Waals surface area contributed by atoms with Crippen LogP contribution in [0.2, 0.25) is 5.02 Å². The van der Waals surface area contributed by atoms with Gasteiger partial charge in [0.2, 0.25) is 0 Å². The van der Waals surface area contributed by atoms with Crippen molar-refractivity contribution in [3.05, 3.63) is 88.1 Å². The number of halogens is 1. The highest BCUT2D eigenvalue weighted by atomic mass is 35.5. The van der Waals surface area contributed by atoms with Crippen LogP contribution >= 0.6 is 22.9 Å². The number of benzene rings is 2. The second kappa shape index (κ2) is 10.1. The molecule has 3 amide bonds. The Labute approximate surface area is 193 Å². The van der Waals surface area contributed by atoms with E-state index in [1.165, 1.54) is 6.20 Å². The summed E-state index contributed by atoms with van der Waals surface area (Å²) in [5.74, 6) is -0.173. The molecule has 0 unspecified atom stereocenters. The summed E-state index contributed by atoms with van der Waals surface area (Å²) in [5.41, 5.74) is 2.21. The van der Waals surface area contributed by atoms with E-state index in [0.29, 0.717) is 40.6 Å². The molecule has 0 aliphatic heterocycles. The molecule has 10 heteroatoms. The van der Waals surface area contributed by atoms with Crippen molar-refractivity contribution in [2.75, 3.05) is 17.2 Å². The zero-order valence-corrected chi connectivity index (χ0v) is 18.4. The third kappa shape index (κ3) is 5.51. The first-order valence-corrected chi connectivity index (χ1v) is 11.0. The Morgan fingerprint density at radius 2 is 1.97 bits per heavy atom. The lowest BCUT2D eigenvalue weighted by Gasteiger charge is -2.08. The number of rotatable bonds is 7. The fraction of sp³-hybridized carbons (Fsp3) is 0.0909. The predicted octanol–water partition coefficient (Wildman–Crippen LogP) is 4.60. The lowest BCUT2D eigenvalue weighted by molar-refractivity contribution is 0.0954. The van der Waals surface area contributed by atoms with Gasteiger partial charge in [0.05, 0.1) is 39.5 Å². The van der Waals surface area contributed by atoms with E-state index in [2.05, 4.69) is 26.0 Å². The number of para-hydroxylation sites is 1. The summed E-state index contributed by atoms with van der Waals surface area (Å²) in [7, 11) is 0. The van der Waals surface area contributed by atoms with Crippen LogP contribution in [0.4, 0.5) is 16.2 Å². The monoisotopic (exact) mass is 466 g/mol. The lowest BCUT2D eigenvalue weighted by Crippen LogP contribution is -2.25. The highest BCUT2D eigenvalue weighted by Gasteiger charge is 2.10. The van der Waals surface area contributed by atoms with E-state index in [0.717, 1.165) is 5.01 Å². The molecule has 0 saturated carbocycles. The smallest absolute Gasteiger partial charge is 0.323 e. The van der Waals surface area contributed by atoms with Crippen LogP contribution in [-0.4, -0.2) is 33.2 Å².